The zero-order valence-electron chi connectivity index (χ0n) is 10.1. The number of nitrogens with one attached hydrogen (secondary N) is 1. The van der Waals surface area contributed by atoms with Crippen molar-refractivity contribution in [3.8, 4) is 0 Å². The zero-order chi connectivity index (χ0) is 13.0. The summed E-state index contributed by atoms with van der Waals surface area (Å²) in [5.74, 6) is -0.669. The summed E-state index contributed by atoms with van der Waals surface area (Å²) in [6, 6.07) is -0.0966. The summed E-state index contributed by atoms with van der Waals surface area (Å²) >= 11 is 0. The van der Waals surface area contributed by atoms with Gasteiger partial charge in [-0.1, -0.05) is 0 Å². The van der Waals surface area contributed by atoms with Crippen LogP contribution in [0.3, 0.4) is 0 Å². The molecule has 0 aliphatic carbocycles. The average molecular weight is 240 g/mol. The number of hydrogen-bond acceptors (Lipinski definition) is 4. The number of H-pyrrole nitrogens is 1. The van der Waals surface area contributed by atoms with E-state index in [0.717, 1.165) is 0 Å². The van der Waals surface area contributed by atoms with Gasteiger partial charge in [0.1, 0.15) is 5.82 Å². The van der Waals surface area contributed by atoms with E-state index in [-0.39, 0.29) is 30.7 Å². The number of hydrogen-bond donors (Lipinski definition) is 2. The Kier molecular flexibility index (Phi) is 4.19. The highest BCUT2D eigenvalue weighted by Gasteiger charge is 2.22. The van der Waals surface area contributed by atoms with Crippen molar-refractivity contribution >= 4 is 11.9 Å². The smallest absolute Gasteiger partial charge is 0.305 e. The van der Waals surface area contributed by atoms with E-state index in [1.807, 2.05) is 13.8 Å². The van der Waals surface area contributed by atoms with Crippen LogP contribution in [-0.2, 0) is 4.79 Å². The minimum absolute atomic E-state index is 0.0709. The molecule has 0 fully saturated rings. The standard InChI is InChI=1S/C10H16N4O3/c1-6(2)14(5-4-8(15)16)10(17)9-11-7(3)12-13-9/h6H,4-5H2,1-3H3,(H,15,16)(H,11,12,13). The largest absolute Gasteiger partial charge is 0.481 e. The van der Waals surface area contributed by atoms with Crippen molar-refractivity contribution < 1.29 is 14.7 Å². The van der Waals surface area contributed by atoms with Crippen molar-refractivity contribution in [1.29, 1.82) is 0 Å². The maximum absolute atomic E-state index is 12.0. The van der Waals surface area contributed by atoms with E-state index in [0.29, 0.717) is 5.82 Å². The summed E-state index contributed by atoms with van der Waals surface area (Å²) in [6.45, 7) is 5.48. The molecular formula is C10H16N4O3. The Labute approximate surface area is 98.8 Å². The van der Waals surface area contributed by atoms with Crippen LogP contribution < -0.4 is 0 Å². The van der Waals surface area contributed by atoms with Gasteiger partial charge in [0.15, 0.2) is 0 Å². The predicted molar refractivity (Wildman–Crippen MR) is 59.5 cm³/mol. The van der Waals surface area contributed by atoms with Crippen LogP contribution in [0.5, 0.6) is 0 Å². The van der Waals surface area contributed by atoms with Crippen LogP contribution in [0.4, 0.5) is 0 Å². The SMILES string of the molecule is Cc1nc(C(=O)N(CCC(=O)O)C(C)C)n[nH]1. The van der Waals surface area contributed by atoms with E-state index in [9.17, 15) is 9.59 Å². The van der Waals surface area contributed by atoms with Gasteiger partial charge in [-0.2, -0.15) is 0 Å². The maximum Gasteiger partial charge on any atom is 0.305 e. The number of aryl methyl sites for hydroxylation is 1. The average Bonchev–Trinajstić information content (AvgIpc) is 2.63. The second-order valence-corrected chi connectivity index (χ2v) is 3.98. The first-order chi connectivity index (χ1) is 7.91. The van der Waals surface area contributed by atoms with Crippen molar-refractivity contribution in [2.75, 3.05) is 6.54 Å². The molecule has 0 spiro atoms. The van der Waals surface area contributed by atoms with Crippen molar-refractivity contribution in [2.24, 2.45) is 0 Å². The number of carboxylic acid groups (broad SMARTS) is 1. The molecule has 0 aliphatic heterocycles. The molecule has 2 N–H and O–H groups in total. The van der Waals surface area contributed by atoms with Crippen LogP contribution in [0.2, 0.25) is 0 Å². The van der Waals surface area contributed by atoms with Crippen LogP contribution in [0.25, 0.3) is 0 Å². The van der Waals surface area contributed by atoms with Gasteiger partial charge in [0.25, 0.3) is 5.91 Å². The Morgan fingerprint density at radius 3 is 2.53 bits per heavy atom. The van der Waals surface area contributed by atoms with Crippen LogP contribution >= 0.6 is 0 Å². The van der Waals surface area contributed by atoms with Gasteiger partial charge in [-0.15, -0.1) is 5.10 Å². The number of aromatic amines is 1. The Hall–Kier alpha value is -1.92. The number of aliphatic carboxylic acids is 1. The summed E-state index contributed by atoms with van der Waals surface area (Å²) in [6.07, 6.45) is -0.0900. The second-order valence-electron chi connectivity index (χ2n) is 3.98. The van der Waals surface area contributed by atoms with E-state index in [2.05, 4.69) is 15.2 Å². The molecule has 0 atom stereocenters. The topological polar surface area (TPSA) is 99.2 Å². The molecule has 17 heavy (non-hydrogen) atoms. The normalized spacial score (nSPS) is 10.6. The minimum Gasteiger partial charge on any atom is -0.481 e. The van der Waals surface area contributed by atoms with Crippen LogP contribution in [0.1, 0.15) is 36.7 Å². The summed E-state index contributed by atoms with van der Waals surface area (Å²) in [7, 11) is 0. The van der Waals surface area contributed by atoms with Gasteiger partial charge in [0, 0.05) is 12.6 Å². The maximum atomic E-state index is 12.0. The first kappa shape index (κ1) is 13.1. The van der Waals surface area contributed by atoms with E-state index < -0.39 is 5.97 Å². The quantitative estimate of drug-likeness (QED) is 0.777. The monoisotopic (exact) mass is 240 g/mol. The molecule has 0 unspecified atom stereocenters. The van der Waals surface area contributed by atoms with E-state index >= 15 is 0 Å². The second kappa shape index (κ2) is 5.42. The van der Waals surface area contributed by atoms with E-state index in [1.54, 1.807) is 6.92 Å². The third kappa shape index (κ3) is 3.54. The fraction of sp³-hybridized carbons (Fsp3) is 0.600. The molecule has 0 saturated carbocycles. The molecule has 1 aromatic heterocycles. The van der Waals surface area contributed by atoms with E-state index in [1.165, 1.54) is 4.90 Å². The highest BCUT2D eigenvalue weighted by atomic mass is 16.4. The van der Waals surface area contributed by atoms with Gasteiger partial charge in [0.2, 0.25) is 5.82 Å². The summed E-state index contributed by atoms with van der Waals surface area (Å²) in [5, 5.41) is 15.0. The van der Waals surface area contributed by atoms with Gasteiger partial charge in [-0.05, 0) is 20.8 Å². The van der Waals surface area contributed by atoms with E-state index in [4.69, 9.17) is 5.11 Å². The Bertz CT molecular complexity index is 413. The van der Waals surface area contributed by atoms with Crippen LogP contribution in [0.15, 0.2) is 0 Å². The number of carbonyl (C=O) groups excluding carboxylic acids is 1. The fourth-order valence-corrected chi connectivity index (χ4v) is 1.38. The molecule has 7 heteroatoms. The van der Waals surface area contributed by atoms with Gasteiger partial charge < -0.3 is 10.0 Å². The van der Waals surface area contributed by atoms with Crippen molar-refractivity contribution in [2.45, 2.75) is 33.2 Å². The lowest BCUT2D eigenvalue weighted by Crippen LogP contribution is -2.39. The summed E-state index contributed by atoms with van der Waals surface area (Å²) in [4.78, 5) is 27.9. The lowest BCUT2D eigenvalue weighted by Gasteiger charge is -2.24. The lowest BCUT2D eigenvalue weighted by molar-refractivity contribution is -0.137. The number of carbonyl (C=O) groups is 2. The van der Waals surface area contributed by atoms with Gasteiger partial charge in [-0.25, -0.2) is 4.98 Å². The molecule has 0 radical (unpaired) electrons. The molecule has 1 aromatic rings. The first-order valence-electron chi connectivity index (χ1n) is 5.33. The molecule has 0 aliphatic rings. The molecule has 94 valence electrons. The Morgan fingerprint density at radius 1 is 1.47 bits per heavy atom. The van der Waals surface area contributed by atoms with Gasteiger partial charge in [-0.3, -0.25) is 14.7 Å². The van der Waals surface area contributed by atoms with Gasteiger partial charge in [0.05, 0.1) is 6.42 Å². The van der Waals surface area contributed by atoms with Gasteiger partial charge >= 0.3 is 5.97 Å². The lowest BCUT2D eigenvalue weighted by atomic mass is 10.2. The van der Waals surface area contributed by atoms with Crippen molar-refractivity contribution in [3.05, 3.63) is 11.6 Å². The highest BCUT2D eigenvalue weighted by molar-refractivity contribution is 5.90. The molecular weight excluding hydrogens is 224 g/mol. The number of amides is 1. The molecule has 0 aromatic carbocycles. The summed E-state index contributed by atoms with van der Waals surface area (Å²) in [5.41, 5.74) is 0. The summed E-state index contributed by atoms with van der Waals surface area (Å²) < 4.78 is 0. The van der Waals surface area contributed by atoms with Crippen LogP contribution in [-0.4, -0.2) is 49.7 Å². The number of nitrogens with zero attached hydrogens (tertiary/aromatic N) is 3. The number of aromatic nitrogens is 3. The first-order valence-corrected chi connectivity index (χ1v) is 5.33. The van der Waals surface area contributed by atoms with Crippen LogP contribution in [0, 0.1) is 6.92 Å². The predicted octanol–water partition coefficient (Wildman–Crippen LogP) is 0.438. The molecule has 1 rings (SSSR count). The Morgan fingerprint density at radius 2 is 2.12 bits per heavy atom. The fourth-order valence-electron chi connectivity index (χ4n) is 1.38. The minimum atomic E-state index is -0.936. The molecule has 1 heterocycles. The third-order valence-corrected chi connectivity index (χ3v) is 2.24. The third-order valence-electron chi connectivity index (χ3n) is 2.24. The molecule has 0 bridgehead atoms. The molecule has 0 saturated heterocycles. The number of rotatable bonds is 5. The number of carboxylic acids is 1. The zero-order valence-corrected chi connectivity index (χ0v) is 10.1. The molecule has 1 amide bonds. The van der Waals surface area contributed by atoms with Crippen molar-refractivity contribution in [1.82, 2.24) is 20.1 Å². The Balaban J connectivity index is 2.77. The molecule has 7 nitrogen and oxygen atoms in total. The highest BCUT2D eigenvalue weighted by Crippen LogP contribution is 2.06. The van der Waals surface area contributed by atoms with Crippen molar-refractivity contribution in [3.63, 3.8) is 0 Å².